The Balaban J connectivity index is 1.53. The van der Waals surface area contributed by atoms with Gasteiger partial charge in [0.1, 0.15) is 12.1 Å². The number of aromatic nitrogens is 4. The molecule has 3 aliphatic heterocycles. The molecule has 3 saturated heterocycles. The lowest BCUT2D eigenvalue weighted by molar-refractivity contribution is 0.283. The predicted octanol–water partition coefficient (Wildman–Crippen LogP) is 1.05. The third-order valence-electron chi connectivity index (χ3n) is 4.36. The van der Waals surface area contributed by atoms with Gasteiger partial charge in [0.15, 0.2) is 0 Å². The average Bonchev–Trinajstić information content (AvgIpc) is 2.55. The normalized spacial score (nSPS) is 23.2. The fraction of sp³-hybridized carbons (Fsp3) is 0.467. The summed E-state index contributed by atoms with van der Waals surface area (Å²) in [5, 5.41) is 0. The maximum absolute atomic E-state index is 5.19. The van der Waals surface area contributed by atoms with E-state index in [1.165, 1.54) is 6.42 Å². The highest BCUT2D eigenvalue weighted by Crippen LogP contribution is 2.36. The number of rotatable bonds is 3. The quantitative estimate of drug-likeness (QED) is 0.839. The van der Waals surface area contributed by atoms with Gasteiger partial charge in [0.2, 0.25) is 11.8 Å². The molecule has 22 heavy (non-hydrogen) atoms. The van der Waals surface area contributed by atoms with Gasteiger partial charge < -0.3 is 14.5 Å². The average molecular weight is 298 g/mol. The number of aryl methyl sites for hydroxylation is 1. The Hall–Kier alpha value is -2.44. The van der Waals surface area contributed by atoms with Crippen LogP contribution in [-0.2, 0) is 0 Å². The van der Waals surface area contributed by atoms with E-state index < -0.39 is 0 Å². The van der Waals surface area contributed by atoms with Gasteiger partial charge >= 0.3 is 0 Å². The second-order valence-electron chi connectivity index (χ2n) is 5.77. The van der Waals surface area contributed by atoms with Crippen molar-refractivity contribution in [1.29, 1.82) is 0 Å². The number of anilines is 2. The molecule has 3 fully saturated rings. The van der Waals surface area contributed by atoms with Gasteiger partial charge in [0, 0.05) is 37.1 Å². The van der Waals surface area contributed by atoms with Crippen molar-refractivity contribution in [2.24, 2.45) is 0 Å². The molecule has 114 valence electrons. The van der Waals surface area contributed by atoms with Crippen LogP contribution in [0.15, 0.2) is 24.7 Å². The van der Waals surface area contributed by atoms with Crippen LogP contribution in [0.25, 0.3) is 0 Å². The van der Waals surface area contributed by atoms with Gasteiger partial charge in [-0.2, -0.15) is 4.98 Å². The molecule has 3 aliphatic rings. The van der Waals surface area contributed by atoms with E-state index in [1.54, 1.807) is 25.7 Å². The van der Waals surface area contributed by atoms with Crippen LogP contribution in [-0.4, -0.2) is 52.2 Å². The Bertz CT molecular complexity index is 681. The van der Waals surface area contributed by atoms with E-state index in [0.29, 0.717) is 18.0 Å². The minimum absolute atomic E-state index is 0.432. The minimum atomic E-state index is 0.432. The van der Waals surface area contributed by atoms with Crippen LogP contribution in [0.3, 0.4) is 0 Å². The van der Waals surface area contributed by atoms with E-state index in [2.05, 4.69) is 29.7 Å². The first-order valence-corrected chi connectivity index (χ1v) is 7.43. The van der Waals surface area contributed by atoms with Crippen molar-refractivity contribution in [2.75, 3.05) is 30.0 Å². The van der Waals surface area contributed by atoms with Crippen LogP contribution < -0.4 is 14.5 Å². The molecule has 7 nitrogen and oxygen atoms in total. The molecule has 0 N–H and O–H groups in total. The van der Waals surface area contributed by atoms with E-state index in [1.807, 2.05) is 13.0 Å². The summed E-state index contributed by atoms with van der Waals surface area (Å²) in [7, 11) is 1.63. The van der Waals surface area contributed by atoms with E-state index in [0.717, 1.165) is 30.5 Å². The number of methoxy groups -OCH3 is 1. The summed E-state index contributed by atoms with van der Waals surface area (Å²) >= 11 is 0. The number of ether oxygens (including phenoxy) is 1. The van der Waals surface area contributed by atoms with E-state index in [9.17, 15) is 0 Å². The Morgan fingerprint density at radius 3 is 2.73 bits per heavy atom. The van der Waals surface area contributed by atoms with Crippen LogP contribution in [0.1, 0.15) is 12.1 Å². The van der Waals surface area contributed by atoms with Crippen molar-refractivity contribution < 1.29 is 4.74 Å². The molecule has 0 spiro atoms. The summed E-state index contributed by atoms with van der Waals surface area (Å²) < 4.78 is 5.19. The molecule has 2 bridgehead atoms. The highest BCUT2D eigenvalue weighted by molar-refractivity contribution is 5.49. The van der Waals surface area contributed by atoms with Crippen molar-refractivity contribution in [3.8, 4) is 5.88 Å². The maximum Gasteiger partial charge on any atom is 0.229 e. The minimum Gasteiger partial charge on any atom is -0.481 e. The molecule has 0 aliphatic carbocycles. The zero-order valence-corrected chi connectivity index (χ0v) is 12.7. The van der Waals surface area contributed by atoms with Crippen molar-refractivity contribution >= 4 is 11.8 Å². The molecule has 2 aromatic heterocycles. The summed E-state index contributed by atoms with van der Waals surface area (Å²) in [6, 6.07) is 4.67. The first-order valence-electron chi connectivity index (χ1n) is 7.43. The predicted molar refractivity (Wildman–Crippen MR) is 82.2 cm³/mol. The van der Waals surface area contributed by atoms with Crippen LogP contribution in [0, 0.1) is 6.92 Å². The molecule has 7 heteroatoms. The van der Waals surface area contributed by atoms with Crippen molar-refractivity contribution in [3.63, 3.8) is 0 Å². The van der Waals surface area contributed by atoms with Gasteiger partial charge in [-0.15, -0.1) is 0 Å². The number of piperidine rings is 1. The molecule has 0 radical (unpaired) electrons. The summed E-state index contributed by atoms with van der Waals surface area (Å²) in [6.07, 6.45) is 4.57. The monoisotopic (exact) mass is 298 g/mol. The lowest BCUT2D eigenvalue weighted by atomic mass is 9.88. The Morgan fingerprint density at radius 2 is 2.00 bits per heavy atom. The van der Waals surface area contributed by atoms with Gasteiger partial charge in [-0.25, -0.2) is 15.0 Å². The smallest absolute Gasteiger partial charge is 0.229 e. The Labute approximate surface area is 129 Å². The first-order chi connectivity index (χ1) is 10.7. The summed E-state index contributed by atoms with van der Waals surface area (Å²) in [5.74, 6) is 2.38. The Morgan fingerprint density at radius 1 is 1.18 bits per heavy atom. The summed E-state index contributed by atoms with van der Waals surface area (Å²) in [4.78, 5) is 22.0. The second-order valence-corrected chi connectivity index (χ2v) is 5.77. The topological polar surface area (TPSA) is 67.3 Å². The number of hydrogen-bond donors (Lipinski definition) is 0. The zero-order chi connectivity index (χ0) is 15.1. The molecule has 5 rings (SSSR count). The molecule has 2 aromatic rings. The van der Waals surface area contributed by atoms with Crippen LogP contribution in [0.2, 0.25) is 0 Å². The van der Waals surface area contributed by atoms with E-state index >= 15 is 0 Å². The number of nitrogens with zero attached hydrogens (tertiary/aromatic N) is 6. The standard InChI is InChI=1S/C15H18N6O/c1-10-5-13(18-9-17-10)20-7-11-6-12(8-20)21(11)15-16-4-3-14(19-15)22-2/h3-5,9,11-12H,6-8H2,1-2H3. The molecule has 2 atom stereocenters. The van der Waals surface area contributed by atoms with Gasteiger partial charge in [0.25, 0.3) is 0 Å². The number of hydrogen-bond acceptors (Lipinski definition) is 7. The van der Waals surface area contributed by atoms with E-state index in [4.69, 9.17) is 4.74 Å². The van der Waals surface area contributed by atoms with Crippen LogP contribution in [0.4, 0.5) is 11.8 Å². The highest BCUT2D eigenvalue weighted by atomic mass is 16.5. The largest absolute Gasteiger partial charge is 0.481 e. The summed E-state index contributed by atoms with van der Waals surface area (Å²) in [6.45, 7) is 3.87. The summed E-state index contributed by atoms with van der Waals surface area (Å²) in [5.41, 5.74) is 0.997. The van der Waals surface area contributed by atoms with Gasteiger partial charge in [-0.05, 0) is 13.3 Å². The first kappa shape index (κ1) is 13.2. The number of piperazine rings is 1. The maximum atomic E-state index is 5.19. The second kappa shape index (κ2) is 5.08. The Kier molecular flexibility index (Phi) is 3.06. The SMILES string of the molecule is COc1ccnc(N2C3CC2CN(c2cc(C)ncn2)C3)n1. The van der Waals surface area contributed by atoms with Crippen molar-refractivity contribution in [3.05, 3.63) is 30.4 Å². The number of fused-ring (bicyclic) bond motifs is 2. The van der Waals surface area contributed by atoms with Crippen LogP contribution >= 0.6 is 0 Å². The fourth-order valence-electron chi connectivity index (χ4n) is 3.31. The fourth-order valence-corrected chi connectivity index (χ4v) is 3.31. The lowest BCUT2D eigenvalue weighted by Gasteiger charge is -2.56. The molecule has 0 aromatic carbocycles. The van der Waals surface area contributed by atoms with Crippen molar-refractivity contribution in [1.82, 2.24) is 19.9 Å². The third-order valence-corrected chi connectivity index (χ3v) is 4.36. The molecule has 5 heterocycles. The highest BCUT2D eigenvalue weighted by Gasteiger charge is 2.46. The third kappa shape index (κ3) is 2.13. The molecular formula is C15H18N6O. The molecule has 0 amide bonds. The lowest BCUT2D eigenvalue weighted by Crippen LogP contribution is -2.69. The van der Waals surface area contributed by atoms with Gasteiger partial charge in [-0.1, -0.05) is 0 Å². The van der Waals surface area contributed by atoms with Crippen LogP contribution in [0.5, 0.6) is 5.88 Å². The molecule has 0 saturated carbocycles. The van der Waals surface area contributed by atoms with Gasteiger partial charge in [-0.3, -0.25) is 0 Å². The molecule has 2 unspecified atom stereocenters. The molecular weight excluding hydrogens is 280 g/mol. The van der Waals surface area contributed by atoms with E-state index in [-0.39, 0.29) is 0 Å². The van der Waals surface area contributed by atoms with Crippen molar-refractivity contribution in [2.45, 2.75) is 25.4 Å². The zero-order valence-electron chi connectivity index (χ0n) is 12.7. The van der Waals surface area contributed by atoms with Gasteiger partial charge in [0.05, 0.1) is 19.2 Å².